The quantitative estimate of drug-likeness (QED) is 0.674. The minimum Gasteiger partial charge on any atom is -0.394 e. The van der Waals surface area contributed by atoms with Crippen molar-refractivity contribution >= 4 is 0 Å². The molecule has 1 heterocycles. The number of aliphatic hydroxyl groups is 1. The summed E-state index contributed by atoms with van der Waals surface area (Å²) in [6.45, 7) is -0.0427. The average Bonchev–Trinajstić information content (AvgIpc) is 2.84. The lowest BCUT2D eigenvalue weighted by atomic mass is 10.1. The van der Waals surface area contributed by atoms with Gasteiger partial charge in [0.05, 0.1) is 6.61 Å². The fourth-order valence-corrected chi connectivity index (χ4v) is 1.26. The Balaban J connectivity index is 2.19. The second-order valence-electron chi connectivity index (χ2n) is 2.80. The highest BCUT2D eigenvalue weighted by atomic mass is 19.1. The SMILES string of the molecule is OCC1OC1c1ccccc1F. The van der Waals surface area contributed by atoms with Gasteiger partial charge in [0, 0.05) is 5.56 Å². The molecule has 1 aliphatic heterocycles. The van der Waals surface area contributed by atoms with Crippen LogP contribution in [-0.4, -0.2) is 17.8 Å². The van der Waals surface area contributed by atoms with Gasteiger partial charge in [-0.25, -0.2) is 4.39 Å². The van der Waals surface area contributed by atoms with Gasteiger partial charge in [-0.05, 0) is 6.07 Å². The molecule has 0 spiro atoms. The second-order valence-corrected chi connectivity index (χ2v) is 2.80. The molecular weight excluding hydrogens is 159 g/mol. The van der Waals surface area contributed by atoms with Crippen molar-refractivity contribution in [2.45, 2.75) is 12.2 Å². The molecule has 64 valence electrons. The summed E-state index contributed by atoms with van der Waals surface area (Å²) in [6, 6.07) is 6.46. The van der Waals surface area contributed by atoms with E-state index in [-0.39, 0.29) is 24.6 Å². The van der Waals surface area contributed by atoms with Gasteiger partial charge in [0.2, 0.25) is 0 Å². The Morgan fingerprint density at radius 3 is 2.75 bits per heavy atom. The van der Waals surface area contributed by atoms with E-state index in [1.165, 1.54) is 6.07 Å². The van der Waals surface area contributed by atoms with Gasteiger partial charge in [-0.2, -0.15) is 0 Å². The van der Waals surface area contributed by atoms with Gasteiger partial charge in [-0.15, -0.1) is 0 Å². The first kappa shape index (κ1) is 7.71. The molecule has 12 heavy (non-hydrogen) atoms. The Hall–Kier alpha value is -0.930. The van der Waals surface area contributed by atoms with Crippen molar-refractivity contribution in [2.75, 3.05) is 6.61 Å². The van der Waals surface area contributed by atoms with Crippen molar-refractivity contribution in [3.63, 3.8) is 0 Å². The topological polar surface area (TPSA) is 32.8 Å². The molecule has 0 radical (unpaired) electrons. The van der Waals surface area contributed by atoms with Gasteiger partial charge in [0.1, 0.15) is 18.0 Å². The summed E-state index contributed by atoms with van der Waals surface area (Å²) in [7, 11) is 0. The minimum absolute atomic E-state index is 0.0427. The summed E-state index contributed by atoms with van der Waals surface area (Å²) in [6.07, 6.45) is -0.446. The van der Waals surface area contributed by atoms with Crippen LogP contribution in [0, 0.1) is 5.82 Å². The van der Waals surface area contributed by atoms with E-state index in [0.717, 1.165) is 0 Å². The molecule has 2 rings (SSSR count). The maximum Gasteiger partial charge on any atom is 0.129 e. The summed E-state index contributed by atoms with van der Waals surface area (Å²) in [5.41, 5.74) is 0.538. The molecule has 0 amide bonds. The smallest absolute Gasteiger partial charge is 0.129 e. The van der Waals surface area contributed by atoms with Crippen molar-refractivity contribution in [3.05, 3.63) is 35.6 Å². The summed E-state index contributed by atoms with van der Waals surface area (Å²) in [5.74, 6) is -0.265. The fourth-order valence-electron chi connectivity index (χ4n) is 1.26. The van der Waals surface area contributed by atoms with Crippen molar-refractivity contribution < 1.29 is 14.2 Å². The molecule has 0 saturated carbocycles. The molecule has 2 atom stereocenters. The standard InChI is InChI=1S/C9H9FO2/c10-7-4-2-1-3-6(7)9-8(5-11)12-9/h1-4,8-9,11H,5H2. The number of halogens is 1. The van der Waals surface area contributed by atoms with Crippen molar-refractivity contribution in [1.29, 1.82) is 0 Å². The summed E-state index contributed by atoms with van der Waals surface area (Å²) >= 11 is 0. The van der Waals surface area contributed by atoms with Gasteiger partial charge in [0.25, 0.3) is 0 Å². The zero-order chi connectivity index (χ0) is 8.55. The number of aliphatic hydroxyl groups excluding tert-OH is 1. The molecular formula is C9H9FO2. The van der Waals surface area contributed by atoms with E-state index in [2.05, 4.69) is 0 Å². The van der Waals surface area contributed by atoms with Gasteiger partial charge >= 0.3 is 0 Å². The number of hydrogen-bond donors (Lipinski definition) is 1. The van der Waals surface area contributed by atoms with Crippen LogP contribution in [0.2, 0.25) is 0 Å². The molecule has 1 fully saturated rings. The van der Waals surface area contributed by atoms with Crippen LogP contribution in [0.3, 0.4) is 0 Å². The molecule has 1 saturated heterocycles. The molecule has 3 heteroatoms. The molecule has 1 aliphatic rings. The van der Waals surface area contributed by atoms with Crippen LogP contribution >= 0.6 is 0 Å². The number of rotatable bonds is 2. The predicted octanol–water partition coefficient (Wildman–Crippen LogP) is 1.26. The zero-order valence-corrected chi connectivity index (χ0v) is 6.40. The lowest BCUT2D eigenvalue weighted by Crippen LogP contribution is -1.96. The monoisotopic (exact) mass is 168 g/mol. The lowest BCUT2D eigenvalue weighted by molar-refractivity contribution is 0.242. The van der Waals surface area contributed by atoms with Crippen LogP contribution in [0.4, 0.5) is 4.39 Å². The van der Waals surface area contributed by atoms with Crippen LogP contribution in [0.15, 0.2) is 24.3 Å². The maximum atomic E-state index is 13.0. The number of benzene rings is 1. The zero-order valence-electron chi connectivity index (χ0n) is 6.40. The summed E-state index contributed by atoms with van der Waals surface area (Å²) in [5, 5.41) is 8.68. The molecule has 0 aromatic heterocycles. The van der Waals surface area contributed by atoms with E-state index in [0.29, 0.717) is 5.56 Å². The fraction of sp³-hybridized carbons (Fsp3) is 0.333. The Labute approximate surface area is 69.6 Å². The van der Waals surface area contributed by atoms with Crippen LogP contribution in [0.1, 0.15) is 11.7 Å². The second kappa shape index (κ2) is 2.84. The third kappa shape index (κ3) is 1.21. The highest BCUT2D eigenvalue weighted by Crippen LogP contribution is 2.39. The molecule has 0 aliphatic carbocycles. The molecule has 1 N–H and O–H groups in total. The highest BCUT2D eigenvalue weighted by molar-refractivity contribution is 5.24. The summed E-state index contributed by atoms with van der Waals surface area (Å²) in [4.78, 5) is 0. The number of epoxide rings is 1. The van der Waals surface area contributed by atoms with Crippen molar-refractivity contribution in [1.82, 2.24) is 0 Å². The molecule has 1 aromatic carbocycles. The van der Waals surface area contributed by atoms with E-state index in [1.54, 1.807) is 18.2 Å². The van der Waals surface area contributed by atoms with Crippen molar-refractivity contribution in [2.24, 2.45) is 0 Å². The Morgan fingerprint density at radius 1 is 1.42 bits per heavy atom. The largest absolute Gasteiger partial charge is 0.394 e. The van der Waals surface area contributed by atoms with Crippen LogP contribution < -0.4 is 0 Å². The van der Waals surface area contributed by atoms with Crippen LogP contribution in [0.25, 0.3) is 0 Å². The van der Waals surface area contributed by atoms with Crippen LogP contribution in [0.5, 0.6) is 0 Å². The van der Waals surface area contributed by atoms with E-state index in [4.69, 9.17) is 9.84 Å². The third-order valence-corrected chi connectivity index (χ3v) is 1.97. The van der Waals surface area contributed by atoms with Crippen LogP contribution in [-0.2, 0) is 4.74 Å². The lowest BCUT2D eigenvalue weighted by Gasteiger charge is -1.96. The normalized spacial score (nSPS) is 27.2. The minimum atomic E-state index is -0.265. The van der Waals surface area contributed by atoms with E-state index < -0.39 is 0 Å². The molecule has 2 unspecified atom stereocenters. The number of hydrogen-bond acceptors (Lipinski definition) is 2. The third-order valence-electron chi connectivity index (χ3n) is 1.97. The number of ether oxygens (including phenoxy) is 1. The van der Waals surface area contributed by atoms with Crippen molar-refractivity contribution in [3.8, 4) is 0 Å². The van der Waals surface area contributed by atoms with E-state index in [9.17, 15) is 4.39 Å². The maximum absolute atomic E-state index is 13.0. The Kier molecular flexibility index (Phi) is 1.83. The summed E-state index contributed by atoms with van der Waals surface area (Å²) < 4.78 is 18.1. The molecule has 0 bridgehead atoms. The van der Waals surface area contributed by atoms with Gasteiger partial charge in [0.15, 0.2) is 0 Å². The first-order valence-electron chi connectivity index (χ1n) is 3.83. The van der Waals surface area contributed by atoms with E-state index in [1.807, 2.05) is 0 Å². The first-order valence-corrected chi connectivity index (χ1v) is 3.83. The molecule has 1 aromatic rings. The van der Waals surface area contributed by atoms with Gasteiger partial charge in [-0.1, -0.05) is 18.2 Å². The first-order chi connectivity index (χ1) is 5.83. The van der Waals surface area contributed by atoms with E-state index >= 15 is 0 Å². The molecule has 2 nitrogen and oxygen atoms in total. The highest BCUT2D eigenvalue weighted by Gasteiger charge is 2.40. The van der Waals surface area contributed by atoms with Gasteiger partial charge < -0.3 is 9.84 Å². The Morgan fingerprint density at radius 2 is 2.17 bits per heavy atom. The average molecular weight is 168 g/mol. The Bertz CT molecular complexity index is 288. The van der Waals surface area contributed by atoms with Gasteiger partial charge in [-0.3, -0.25) is 0 Å². The predicted molar refractivity (Wildman–Crippen MR) is 41.1 cm³/mol.